The first-order valence-corrected chi connectivity index (χ1v) is 10.7. The number of carbonyl (C=O) groups excluding carboxylic acids is 1. The molecule has 2 aromatic carbocycles. The summed E-state index contributed by atoms with van der Waals surface area (Å²) in [4.78, 5) is 20.1. The number of aliphatic imine (C=N–C) groups is 1. The van der Waals surface area contributed by atoms with Crippen molar-refractivity contribution in [2.75, 3.05) is 7.05 Å². The third-order valence-corrected chi connectivity index (χ3v) is 6.93. The van der Waals surface area contributed by atoms with Crippen molar-refractivity contribution in [1.82, 2.24) is 4.90 Å². The average molecular weight is 451 g/mol. The molecule has 3 aromatic rings. The Morgan fingerprint density at radius 3 is 2.56 bits per heavy atom. The predicted octanol–water partition coefficient (Wildman–Crippen LogP) is 5.01. The first-order valence-electron chi connectivity index (χ1n) is 9.85. The first kappa shape index (κ1) is 21.7. The maximum absolute atomic E-state index is 13.3. The van der Waals surface area contributed by atoms with E-state index < -0.39 is 17.9 Å². The number of amides is 1. The Labute approximate surface area is 188 Å². The summed E-state index contributed by atoms with van der Waals surface area (Å²) in [7, 11) is 1.55. The lowest BCUT2D eigenvalue weighted by molar-refractivity contribution is -0.130. The van der Waals surface area contributed by atoms with Gasteiger partial charge in [0.15, 0.2) is 5.96 Å². The van der Waals surface area contributed by atoms with Gasteiger partial charge in [0.2, 0.25) is 5.91 Å². The summed E-state index contributed by atoms with van der Waals surface area (Å²) in [5.74, 6) is -0.894. The molecule has 4 rings (SSSR count). The number of nitrogens with zero attached hydrogens (tertiary/aromatic N) is 3. The Balaban J connectivity index is 1.81. The van der Waals surface area contributed by atoms with Crippen LogP contribution in [0.4, 0.5) is 8.78 Å². The fourth-order valence-corrected chi connectivity index (χ4v) is 5.00. The summed E-state index contributed by atoms with van der Waals surface area (Å²) in [6, 6.07) is 17.1. The van der Waals surface area contributed by atoms with Crippen molar-refractivity contribution in [2.24, 2.45) is 10.7 Å². The normalized spacial score (nSPS) is 20.9. The Morgan fingerprint density at radius 2 is 1.91 bits per heavy atom. The molecule has 0 saturated heterocycles. The molecule has 0 saturated carbocycles. The van der Waals surface area contributed by atoms with Crippen LogP contribution in [-0.2, 0) is 10.3 Å². The average Bonchev–Trinajstić information content (AvgIpc) is 3.29. The van der Waals surface area contributed by atoms with E-state index in [-0.39, 0.29) is 17.4 Å². The zero-order valence-corrected chi connectivity index (χ0v) is 18.2. The molecule has 0 aliphatic carbocycles. The Kier molecular flexibility index (Phi) is 5.53. The van der Waals surface area contributed by atoms with Crippen LogP contribution < -0.4 is 5.73 Å². The molecule has 2 N–H and O–H groups in total. The lowest BCUT2D eigenvalue weighted by Crippen LogP contribution is -2.52. The number of hydrogen-bond donors (Lipinski definition) is 1. The van der Waals surface area contributed by atoms with Gasteiger partial charge in [-0.1, -0.05) is 36.4 Å². The quantitative estimate of drug-likeness (QED) is 0.607. The number of thiophene rings is 1. The molecule has 0 unspecified atom stereocenters. The number of likely N-dealkylation sites (N-methyl/N-ethyl adjacent to an activating group) is 1. The number of nitrogens with two attached hydrogens (primary N) is 1. The molecule has 1 aliphatic rings. The minimum absolute atomic E-state index is 0.0966. The standard InChI is InChI=1S/C24H20F2N4OS/c1-24(19-11-18(13-32-19)17-5-3-4-14(10-17)12-27)20(22(31)30(2)23(28)29-24)15-6-8-16(9-7-15)21(25)26/h3-11,13,20-21H,1-2H3,(H2,28,29)/t20-,24-/m1/s1. The second-order valence-corrected chi connectivity index (χ2v) is 8.72. The van der Waals surface area contributed by atoms with Crippen molar-refractivity contribution in [1.29, 1.82) is 5.26 Å². The number of rotatable bonds is 4. The van der Waals surface area contributed by atoms with Gasteiger partial charge in [-0.25, -0.2) is 13.8 Å². The van der Waals surface area contributed by atoms with E-state index in [0.29, 0.717) is 11.1 Å². The van der Waals surface area contributed by atoms with Crippen LogP contribution in [0, 0.1) is 11.3 Å². The summed E-state index contributed by atoms with van der Waals surface area (Å²) in [5.41, 5.74) is 7.86. The van der Waals surface area contributed by atoms with Gasteiger partial charge >= 0.3 is 0 Å². The van der Waals surface area contributed by atoms with Gasteiger partial charge in [0.05, 0.1) is 17.6 Å². The minimum atomic E-state index is -2.59. The van der Waals surface area contributed by atoms with Crippen LogP contribution in [0.3, 0.4) is 0 Å². The van der Waals surface area contributed by atoms with E-state index in [1.54, 1.807) is 31.3 Å². The van der Waals surface area contributed by atoms with Crippen LogP contribution in [-0.4, -0.2) is 23.8 Å². The number of guanidine groups is 1. The fourth-order valence-electron chi connectivity index (χ4n) is 3.94. The summed E-state index contributed by atoms with van der Waals surface area (Å²) >= 11 is 1.44. The lowest BCUT2D eigenvalue weighted by Gasteiger charge is -2.40. The van der Waals surface area contributed by atoms with Gasteiger partial charge in [-0.05, 0) is 47.2 Å². The van der Waals surface area contributed by atoms with E-state index >= 15 is 0 Å². The third kappa shape index (κ3) is 3.65. The van der Waals surface area contributed by atoms with E-state index in [4.69, 9.17) is 5.73 Å². The second kappa shape index (κ2) is 8.17. The largest absolute Gasteiger partial charge is 0.369 e. The molecule has 0 radical (unpaired) electrons. The van der Waals surface area contributed by atoms with E-state index in [2.05, 4.69) is 11.1 Å². The Bertz CT molecular complexity index is 1250. The smallest absolute Gasteiger partial charge is 0.263 e. The number of hydrogen-bond acceptors (Lipinski definition) is 5. The Morgan fingerprint density at radius 1 is 1.19 bits per heavy atom. The maximum Gasteiger partial charge on any atom is 0.263 e. The number of benzene rings is 2. The summed E-state index contributed by atoms with van der Waals surface area (Å²) in [5, 5.41) is 11.1. The first-order chi connectivity index (χ1) is 15.2. The van der Waals surface area contributed by atoms with Crippen LogP contribution in [0.5, 0.6) is 0 Å². The van der Waals surface area contributed by atoms with Crippen molar-refractivity contribution in [3.63, 3.8) is 0 Å². The molecule has 8 heteroatoms. The molecule has 2 atom stereocenters. The van der Waals surface area contributed by atoms with Crippen molar-refractivity contribution in [3.05, 3.63) is 81.5 Å². The predicted molar refractivity (Wildman–Crippen MR) is 120 cm³/mol. The molecule has 1 amide bonds. The highest BCUT2D eigenvalue weighted by Crippen LogP contribution is 2.47. The molecule has 0 spiro atoms. The molecular weight excluding hydrogens is 430 g/mol. The monoisotopic (exact) mass is 450 g/mol. The highest BCUT2D eigenvalue weighted by Gasteiger charge is 2.48. The highest BCUT2D eigenvalue weighted by molar-refractivity contribution is 7.10. The van der Waals surface area contributed by atoms with Gasteiger partial charge < -0.3 is 5.73 Å². The van der Waals surface area contributed by atoms with Crippen LogP contribution in [0.2, 0.25) is 0 Å². The van der Waals surface area contributed by atoms with Gasteiger partial charge in [-0.15, -0.1) is 11.3 Å². The van der Waals surface area contributed by atoms with Gasteiger partial charge in [0, 0.05) is 17.5 Å². The SMILES string of the molecule is CN1C(=O)[C@@H](c2ccc(C(F)F)cc2)[C@@](C)(c2cc(-c3cccc(C#N)c3)cs2)N=C1N. The molecule has 162 valence electrons. The van der Waals surface area contributed by atoms with Gasteiger partial charge in [0.1, 0.15) is 5.54 Å². The van der Waals surface area contributed by atoms with E-state index in [1.807, 2.05) is 30.5 Å². The van der Waals surface area contributed by atoms with Crippen LogP contribution in [0.25, 0.3) is 11.1 Å². The topological polar surface area (TPSA) is 82.5 Å². The van der Waals surface area contributed by atoms with Crippen LogP contribution >= 0.6 is 11.3 Å². The zero-order valence-electron chi connectivity index (χ0n) is 17.4. The second-order valence-electron chi connectivity index (χ2n) is 7.81. The lowest BCUT2D eigenvalue weighted by atomic mass is 9.77. The van der Waals surface area contributed by atoms with Gasteiger partial charge in [-0.2, -0.15) is 5.26 Å². The molecule has 5 nitrogen and oxygen atoms in total. The molecule has 0 fully saturated rings. The third-order valence-electron chi connectivity index (χ3n) is 5.78. The van der Waals surface area contributed by atoms with Crippen molar-refractivity contribution < 1.29 is 13.6 Å². The molecule has 32 heavy (non-hydrogen) atoms. The van der Waals surface area contributed by atoms with E-state index in [1.165, 1.54) is 28.4 Å². The summed E-state index contributed by atoms with van der Waals surface area (Å²) in [6.45, 7) is 1.83. The fraction of sp³-hybridized carbons (Fsp3) is 0.208. The summed E-state index contributed by atoms with van der Waals surface area (Å²) in [6.07, 6.45) is -2.59. The van der Waals surface area contributed by atoms with E-state index in [0.717, 1.165) is 16.0 Å². The van der Waals surface area contributed by atoms with Gasteiger partial charge in [0.25, 0.3) is 6.43 Å². The summed E-state index contributed by atoms with van der Waals surface area (Å²) < 4.78 is 26.1. The van der Waals surface area contributed by atoms with Crippen molar-refractivity contribution in [3.8, 4) is 17.2 Å². The minimum Gasteiger partial charge on any atom is -0.369 e. The van der Waals surface area contributed by atoms with Crippen molar-refractivity contribution >= 4 is 23.2 Å². The van der Waals surface area contributed by atoms with Crippen molar-refractivity contribution in [2.45, 2.75) is 24.8 Å². The Hall–Kier alpha value is -3.57. The molecule has 1 aromatic heterocycles. The van der Waals surface area contributed by atoms with Gasteiger partial charge in [-0.3, -0.25) is 9.69 Å². The number of nitriles is 1. The number of carbonyl (C=O) groups is 1. The number of halogens is 2. The van der Waals surface area contributed by atoms with Crippen LogP contribution in [0.1, 0.15) is 40.8 Å². The number of alkyl halides is 2. The molecule has 2 heterocycles. The van der Waals surface area contributed by atoms with E-state index in [9.17, 15) is 18.8 Å². The molecule has 0 bridgehead atoms. The highest BCUT2D eigenvalue weighted by atomic mass is 32.1. The zero-order chi connectivity index (χ0) is 23.0. The van der Waals surface area contributed by atoms with Crippen LogP contribution in [0.15, 0.2) is 65.0 Å². The maximum atomic E-state index is 13.3. The molecule has 1 aliphatic heterocycles. The molecular formula is C24H20F2N4OS.